The Hall–Kier alpha value is -2.62. The molecule has 0 saturated carbocycles. The fraction of sp³-hybridized carbons (Fsp3) is 0.391. The van der Waals surface area contributed by atoms with Crippen LogP contribution in [-0.4, -0.2) is 18.5 Å². The molecule has 0 saturated heterocycles. The first-order valence-corrected chi connectivity index (χ1v) is 9.38. The van der Waals surface area contributed by atoms with Crippen LogP contribution in [0.2, 0.25) is 0 Å². The highest BCUT2D eigenvalue weighted by Gasteiger charge is 2.16. The number of carbonyl (C=O) groups is 2. The molecule has 0 aliphatic carbocycles. The summed E-state index contributed by atoms with van der Waals surface area (Å²) < 4.78 is 5.16. The second-order valence-electron chi connectivity index (χ2n) is 7.85. The van der Waals surface area contributed by atoms with E-state index in [1.807, 2.05) is 36.4 Å². The quantitative estimate of drug-likeness (QED) is 0.706. The van der Waals surface area contributed by atoms with Gasteiger partial charge in [0, 0.05) is 5.69 Å². The van der Waals surface area contributed by atoms with E-state index in [0.717, 1.165) is 23.2 Å². The third-order valence-corrected chi connectivity index (χ3v) is 4.70. The normalized spacial score (nSPS) is 12.3. The Labute approximate surface area is 161 Å². The maximum Gasteiger partial charge on any atom is 0.338 e. The standard InChI is InChI=1S/C23H29NO3/c1-6-16(2)19-9-7-8-10-20(19)24-21(25)15-27-22(26)17-11-13-18(14-12-17)23(3,4)5/h7-14,16H,6,15H2,1-5H3,(H,24,25)/t16-/m1/s1. The SMILES string of the molecule is CC[C@@H](C)c1ccccc1NC(=O)COC(=O)c1ccc(C(C)(C)C)cc1. The van der Waals surface area contributed by atoms with Crippen molar-refractivity contribution in [1.82, 2.24) is 0 Å². The zero-order chi connectivity index (χ0) is 20.0. The van der Waals surface area contributed by atoms with Crippen LogP contribution in [0.15, 0.2) is 48.5 Å². The lowest BCUT2D eigenvalue weighted by Crippen LogP contribution is -2.22. The molecule has 0 aromatic heterocycles. The van der Waals surface area contributed by atoms with Crippen LogP contribution < -0.4 is 5.32 Å². The van der Waals surface area contributed by atoms with Crippen molar-refractivity contribution in [2.24, 2.45) is 0 Å². The molecule has 0 unspecified atom stereocenters. The van der Waals surface area contributed by atoms with Crippen LogP contribution in [0.25, 0.3) is 0 Å². The number of rotatable bonds is 6. The molecule has 0 spiro atoms. The van der Waals surface area contributed by atoms with Gasteiger partial charge >= 0.3 is 5.97 Å². The first-order chi connectivity index (χ1) is 12.7. The highest BCUT2D eigenvalue weighted by atomic mass is 16.5. The average molecular weight is 367 g/mol. The molecule has 0 fully saturated rings. The molecule has 1 amide bonds. The van der Waals surface area contributed by atoms with Gasteiger partial charge < -0.3 is 10.1 Å². The van der Waals surface area contributed by atoms with Gasteiger partial charge in [0.2, 0.25) is 0 Å². The average Bonchev–Trinajstić information content (AvgIpc) is 2.65. The Morgan fingerprint density at radius 2 is 1.67 bits per heavy atom. The Kier molecular flexibility index (Phi) is 6.78. The van der Waals surface area contributed by atoms with Crippen LogP contribution in [-0.2, 0) is 14.9 Å². The minimum absolute atomic E-state index is 0.0192. The lowest BCUT2D eigenvalue weighted by atomic mass is 9.87. The van der Waals surface area contributed by atoms with Crippen molar-refractivity contribution in [3.8, 4) is 0 Å². The van der Waals surface area contributed by atoms with Crippen molar-refractivity contribution in [2.45, 2.75) is 52.4 Å². The number of hydrogen-bond acceptors (Lipinski definition) is 3. The van der Waals surface area contributed by atoms with Gasteiger partial charge in [0.05, 0.1) is 5.56 Å². The Morgan fingerprint density at radius 1 is 1.04 bits per heavy atom. The van der Waals surface area contributed by atoms with Crippen molar-refractivity contribution in [3.05, 3.63) is 65.2 Å². The predicted molar refractivity (Wildman–Crippen MR) is 109 cm³/mol. The molecule has 1 atom stereocenters. The first kappa shape index (κ1) is 20.7. The van der Waals surface area contributed by atoms with E-state index in [0.29, 0.717) is 11.5 Å². The van der Waals surface area contributed by atoms with Gasteiger partial charge in [-0.05, 0) is 47.1 Å². The number of nitrogens with one attached hydrogen (secondary N) is 1. The largest absolute Gasteiger partial charge is 0.452 e. The van der Waals surface area contributed by atoms with E-state index in [-0.39, 0.29) is 17.9 Å². The number of para-hydroxylation sites is 1. The highest BCUT2D eigenvalue weighted by molar-refractivity contribution is 5.96. The Morgan fingerprint density at radius 3 is 2.26 bits per heavy atom. The molecular weight excluding hydrogens is 338 g/mol. The van der Waals surface area contributed by atoms with Crippen LogP contribution in [0, 0.1) is 0 Å². The zero-order valence-corrected chi connectivity index (χ0v) is 16.8. The van der Waals surface area contributed by atoms with Gasteiger partial charge in [-0.1, -0.05) is 65.0 Å². The van der Waals surface area contributed by atoms with Gasteiger partial charge in [-0.25, -0.2) is 4.79 Å². The van der Waals surface area contributed by atoms with Crippen LogP contribution >= 0.6 is 0 Å². The molecule has 2 aromatic carbocycles. The van der Waals surface area contributed by atoms with Crippen molar-refractivity contribution in [3.63, 3.8) is 0 Å². The molecule has 0 aliphatic heterocycles. The molecule has 27 heavy (non-hydrogen) atoms. The highest BCUT2D eigenvalue weighted by Crippen LogP contribution is 2.26. The summed E-state index contributed by atoms with van der Waals surface area (Å²) in [6, 6.07) is 15.0. The molecule has 0 radical (unpaired) electrons. The first-order valence-electron chi connectivity index (χ1n) is 9.38. The number of benzene rings is 2. The number of hydrogen-bond donors (Lipinski definition) is 1. The predicted octanol–water partition coefficient (Wildman–Crippen LogP) is 5.29. The monoisotopic (exact) mass is 367 g/mol. The van der Waals surface area contributed by atoms with Crippen molar-refractivity contribution in [2.75, 3.05) is 11.9 Å². The molecule has 4 heteroatoms. The number of ether oxygens (including phenoxy) is 1. The molecule has 0 aliphatic rings. The van der Waals surface area contributed by atoms with Crippen LogP contribution in [0.5, 0.6) is 0 Å². The van der Waals surface area contributed by atoms with Gasteiger partial charge in [-0.15, -0.1) is 0 Å². The van der Waals surface area contributed by atoms with E-state index in [9.17, 15) is 9.59 Å². The fourth-order valence-corrected chi connectivity index (χ4v) is 2.77. The molecule has 4 nitrogen and oxygen atoms in total. The van der Waals surface area contributed by atoms with Gasteiger partial charge in [0.15, 0.2) is 6.61 Å². The lowest BCUT2D eigenvalue weighted by Gasteiger charge is -2.19. The summed E-state index contributed by atoms with van der Waals surface area (Å²) >= 11 is 0. The third-order valence-electron chi connectivity index (χ3n) is 4.70. The molecule has 2 aromatic rings. The van der Waals surface area contributed by atoms with E-state index < -0.39 is 5.97 Å². The summed E-state index contributed by atoms with van der Waals surface area (Å²) in [5, 5.41) is 2.85. The summed E-state index contributed by atoms with van der Waals surface area (Å²) in [5.41, 5.74) is 3.44. The van der Waals surface area contributed by atoms with E-state index in [4.69, 9.17) is 4.74 Å². The molecular formula is C23H29NO3. The van der Waals surface area contributed by atoms with E-state index in [1.165, 1.54) is 0 Å². The molecule has 2 rings (SSSR count). The van der Waals surface area contributed by atoms with Crippen LogP contribution in [0.1, 0.15) is 68.4 Å². The summed E-state index contributed by atoms with van der Waals surface area (Å²) in [7, 11) is 0. The zero-order valence-electron chi connectivity index (χ0n) is 16.8. The topological polar surface area (TPSA) is 55.4 Å². The number of amides is 1. The summed E-state index contributed by atoms with van der Waals surface area (Å²) in [5.74, 6) is -0.503. The Bertz CT molecular complexity index is 788. The molecule has 144 valence electrons. The maximum atomic E-state index is 12.2. The van der Waals surface area contributed by atoms with E-state index in [2.05, 4.69) is 39.9 Å². The van der Waals surface area contributed by atoms with Crippen LogP contribution in [0.3, 0.4) is 0 Å². The van der Waals surface area contributed by atoms with E-state index >= 15 is 0 Å². The summed E-state index contributed by atoms with van der Waals surface area (Å²) in [6.07, 6.45) is 0.979. The molecule has 0 heterocycles. The van der Waals surface area contributed by atoms with Crippen molar-refractivity contribution < 1.29 is 14.3 Å². The number of anilines is 1. The summed E-state index contributed by atoms with van der Waals surface area (Å²) in [6.45, 7) is 10.3. The minimum atomic E-state index is -0.499. The Balaban J connectivity index is 1.95. The smallest absolute Gasteiger partial charge is 0.338 e. The van der Waals surface area contributed by atoms with Gasteiger partial charge in [0.1, 0.15) is 0 Å². The second-order valence-corrected chi connectivity index (χ2v) is 7.85. The van der Waals surface area contributed by atoms with E-state index in [1.54, 1.807) is 12.1 Å². The number of esters is 1. The van der Waals surface area contributed by atoms with Crippen molar-refractivity contribution >= 4 is 17.6 Å². The minimum Gasteiger partial charge on any atom is -0.452 e. The number of carbonyl (C=O) groups excluding carboxylic acids is 2. The van der Waals surface area contributed by atoms with Gasteiger partial charge in [0.25, 0.3) is 5.91 Å². The van der Waals surface area contributed by atoms with Crippen LogP contribution in [0.4, 0.5) is 5.69 Å². The molecule has 0 bridgehead atoms. The lowest BCUT2D eigenvalue weighted by molar-refractivity contribution is -0.119. The molecule has 1 N–H and O–H groups in total. The summed E-state index contributed by atoms with van der Waals surface area (Å²) in [4.78, 5) is 24.4. The fourth-order valence-electron chi connectivity index (χ4n) is 2.77. The van der Waals surface area contributed by atoms with Crippen molar-refractivity contribution in [1.29, 1.82) is 0 Å². The van der Waals surface area contributed by atoms with Gasteiger partial charge in [-0.2, -0.15) is 0 Å². The maximum absolute atomic E-state index is 12.2. The third kappa shape index (κ3) is 5.68. The second kappa shape index (κ2) is 8.85. The van der Waals surface area contributed by atoms with Gasteiger partial charge in [-0.3, -0.25) is 4.79 Å².